The molecule has 1 heterocycles. The minimum absolute atomic E-state index is 0.0441. The molecular formula is C48H62O18. The van der Waals surface area contributed by atoms with Crippen LogP contribution in [0.15, 0.2) is 0 Å². The summed E-state index contributed by atoms with van der Waals surface area (Å²) >= 11 is 0. The molecule has 18 heteroatoms. The fourth-order valence-electron chi connectivity index (χ4n) is 4.80. The Labute approximate surface area is 389 Å². The monoisotopic (exact) mass is 926 g/mol. The van der Waals surface area contributed by atoms with E-state index in [0.717, 1.165) is 0 Å². The van der Waals surface area contributed by atoms with Gasteiger partial charge < -0.3 is 81.6 Å². The van der Waals surface area contributed by atoms with Gasteiger partial charge in [-0.25, -0.2) is 4.79 Å². The maximum absolute atomic E-state index is 12.7. The summed E-state index contributed by atoms with van der Waals surface area (Å²) in [6, 6.07) is 0. The quantitative estimate of drug-likeness (QED) is 0.0271. The maximum atomic E-state index is 12.7. The number of carbonyl (C=O) groups excluding carboxylic acids is 1. The molecule has 1 saturated heterocycles. The smallest absolute Gasteiger partial charge is 0.385 e. The molecule has 1 aliphatic rings. The van der Waals surface area contributed by atoms with E-state index in [1.54, 1.807) is 6.92 Å². The third-order valence-corrected chi connectivity index (χ3v) is 7.59. The molecule has 0 aromatic carbocycles. The number of ether oxygens (including phenoxy) is 14. The molecule has 0 radical (unpaired) electrons. The predicted octanol–water partition coefficient (Wildman–Crippen LogP) is -1.74. The SMILES string of the molecule is CC#CC#CC#CC#CC#CC#CC#CC#CC(=O)OCC(OCCOCCOCCOCCO)C1OCC(OCCOCCOCCOCCO)C1OCCOCCOCCOCCO. The first-order valence-corrected chi connectivity index (χ1v) is 21.3. The van der Waals surface area contributed by atoms with Gasteiger partial charge in [0, 0.05) is 5.92 Å². The Bertz CT molecular complexity index is 1760. The normalized spacial score (nSPS) is 14.8. The van der Waals surface area contributed by atoms with Crippen molar-refractivity contribution in [1.29, 1.82) is 0 Å². The largest absolute Gasteiger partial charge is 0.453 e. The van der Waals surface area contributed by atoms with Crippen LogP contribution in [0.5, 0.6) is 0 Å². The summed E-state index contributed by atoms with van der Waals surface area (Å²) in [6.45, 7) is 7.58. The van der Waals surface area contributed by atoms with Crippen molar-refractivity contribution in [3.63, 3.8) is 0 Å². The zero-order chi connectivity index (χ0) is 47.5. The first kappa shape index (κ1) is 59.3. The van der Waals surface area contributed by atoms with Gasteiger partial charge in [-0.15, -0.1) is 0 Å². The zero-order valence-electron chi connectivity index (χ0n) is 37.7. The van der Waals surface area contributed by atoms with E-state index in [1.807, 2.05) is 0 Å². The van der Waals surface area contributed by atoms with E-state index in [-0.39, 0.29) is 92.5 Å². The molecular weight excluding hydrogens is 865 g/mol. The number of aliphatic hydroxyl groups is 3. The lowest BCUT2D eigenvalue weighted by Crippen LogP contribution is -2.46. The van der Waals surface area contributed by atoms with Crippen LogP contribution in [0, 0.1) is 94.7 Å². The number of carbonyl (C=O) groups is 1. The Morgan fingerprint density at radius 2 is 0.818 bits per heavy atom. The van der Waals surface area contributed by atoms with Gasteiger partial charge in [-0.3, -0.25) is 0 Å². The fraction of sp³-hybridized carbons (Fsp3) is 0.646. The second-order valence-corrected chi connectivity index (χ2v) is 12.4. The first-order chi connectivity index (χ1) is 32.7. The van der Waals surface area contributed by atoms with Gasteiger partial charge >= 0.3 is 5.97 Å². The van der Waals surface area contributed by atoms with Crippen LogP contribution in [0.1, 0.15) is 6.92 Å². The van der Waals surface area contributed by atoms with E-state index in [1.165, 1.54) is 0 Å². The molecule has 0 bridgehead atoms. The van der Waals surface area contributed by atoms with Crippen molar-refractivity contribution in [1.82, 2.24) is 0 Å². The topological polar surface area (TPSA) is 207 Å². The third kappa shape index (κ3) is 37.5. The van der Waals surface area contributed by atoms with E-state index >= 15 is 0 Å². The fourth-order valence-corrected chi connectivity index (χ4v) is 4.80. The molecule has 4 unspecified atom stereocenters. The summed E-state index contributed by atoms with van der Waals surface area (Å²) in [6.07, 6.45) is -2.78. The Balaban J connectivity index is 2.90. The van der Waals surface area contributed by atoms with E-state index in [9.17, 15) is 4.79 Å². The van der Waals surface area contributed by atoms with Gasteiger partial charge in [-0.1, -0.05) is 5.92 Å². The molecule has 0 saturated carbocycles. The molecule has 18 nitrogen and oxygen atoms in total. The standard InChI is InChI=1S/C48H62O18/c1-2-3-4-5-6-7-8-9-10-11-12-13-14-15-16-17-46(52)65-42-44(62-39-36-59-33-30-56-27-24-53-21-18-49)48-47(64-41-38-61-35-32-58-29-26-55-23-20-51)45(43-66-48)63-40-37-60-34-31-57-28-25-54-22-19-50/h44-45,47-51H,18-43H2,1H3. The van der Waals surface area contributed by atoms with Crippen molar-refractivity contribution >= 4 is 5.97 Å². The van der Waals surface area contributed by atoms with Gasteiger partial charge in [0.05, 0.1) is 165 Å². The highest BCUT2D eigenvalue weighted by atomic mass is 16.6. The van der Waals surface area contributed by atoms with Gasteiger partial charge in [0.1, 0.15) is 31.0 Å². The maximum Gasteiger partial charge on any atom is 0.385 e. The van der Waals surface area contributed by atoms with Crippen molar-refractivity contribution in [3.05, 3.63) is 0 Å². The number of aliphatic hydroxyl groups excluding tert-OH is 3. The summed E-state index contributed by atoms with van der Waals surface area (Å²) < 4.78 is 79.1. The molecule has 0 amide bonds. The van der Waals surface area contributed by atoms with Crippen LogP contribution in [0.3, 0.4) is 0 Å². The summed E-state index contributed by atoms with van der Waals surface area (Å²) in [7, 11) is 0. The summed E-state index contributed by atoms with van der Waals surface area (Å²) in [5.74, 6) is 39.0. The van der Waals surface area contributed by atoms with Crippen LogP contribution in [0.4, 0.5) is 0 Å². The van der Waals surface area contributed by atoms with E-state index in [0.29, 0.717) is 79.3 Å². The molecule has 1 fully saturated rings. The van der Waals surface area contributed by atoms with Crippen molar-refractivity contribution in [2.24, 2.45) is 0 Å². The predicted molar refractivity (Wildman–Crippen MR) is 236 cm³/mol. The lowest BCUT2D eigenvalue weighted by atomic mass is 10.1. The number of hydrogen-bond acceptors (Lipinski definition) is 18. The van der Waals surface area contributed by atoms with Crippen molar-refractivity contribution < 1.29 is 86.4 Å². The lowest BCUT2D eigenvalue weighted by molar-refractivity contribution is -0.155. The second kappa shape index (κ2) is 48.2. The van der Waals surface area contributed by atoms with Crippen LogP contribution in [0.25, 0.3) is 0 Å². The van der Waals surface area contributed by atoms with Crippen LogP contribution in [0.2, 0.25) is 0 Å². The average Bonchev–Trinajstić information content (AvgIpc) is 3.73. The molecule has 0 aromatic heterocycles. The van der Waals surface area contributed by atoms with Gasteiger partial charge in [0.15, 0.2) is 0 Å². The second-order valence-electron chi connectivity index (χ2n) is 12.4. The van der Waals surface area contributed by atoms with Gasteiger partial charge in [0.25, 0.3) is 0 Å². The molecule has 0 aromatic rings. The highest BCUT2D eigenvalue weighted by Crippen LogP contribution is 2.25. The van der Waals surface area contributed by atoms with E-state index < -0.39 is 30.4 Å². The van der Waals surface area contributed by atoms with Crippen LogP contribution in [-0.4, -0.2) is 217 Å². The van der Waals surface area contributed by atoms with Crippen LogP contribution < -0.4 is 0 Å². The highest BCUT2D eigenvalue weighted by Gasteiger charge is 2.44. The first-order valence-electron chi connectivity index (χ1n) is 21.3. The summed E-state index contributed by atoms with van der Waals surface area (Å²) in [5.41, 5.74) is 0. The Kier molecular flexibility index (Phi) is 43.4. The Morgan fingerprint density at radius 3 is 1.23 bits per heavy atom. The van der Waals surface area contributed by atoms with Crippen LogP contribution in [-0.2, 0) is 71.1 Å². The number of hydrogen-bond donors (Lipinski definition) is 3. The summed E-state index contributed by atoms with van der Waals surface area (Å²) in [4.78, 5) is 12.7. The molecule has 1 rings (SSSR count). The molecule has 0 spiro atoms. The minimum Gasteiger partial charge on any atom is -0.453 e. The van der Waals surface area contributed by atoms with Gasteiger partial charge in [-0.05, 0) is 89.8 Å². The third-order valence-electron chi connectivity index (χ3n) is 7.59. The van der Waals surface area contributed by atoms with Gasteiger partial charge in [-0.2, -0.15) is 0 Å². The Hall–Kier alpha value is -4.69. The Morgan fingerprint density at radius 1 is 0.470 bits per heavy atom. The zero-order valence-corrected chi connectivity index (χ0v) is 37.7. The van der Waals surface area contributed by atoms with E-state index in [2.05, 4.69) is 94.7 Å². The molecule has 1 aliphatic heterocycles. The molecule has 66 heavy (non-hydrogen) atoms. The minimum atomic E-state index is -0.859. The molecule has 4 atom stereocenters. The van der Waals surface area contributed by atoms with Crippen molar-refractivity contribution in [2.75, 3.05) is 172 Å². The molecule has 0 aliphatic carbocycles. The van der Waals surface area contributed by atoms with Crippen molar-refractivity contribution in [2.45, 2.75) is 31.3 Å². The van der Waals surface area contributed by atoms with Crippen LogP contribution >= 0.6 is 0 Å². The highest BCUT2D eigenvalue weighted by molar-refractivity contribution is 5.89. The number of esters is 1. The average molecular weight is 927 g/mol. The number of rotatable bonds is 39. The summed E-state index contributed by atoms with van der Waals surface area (Å²) in [5, 5.41) is 26.4. The molecule has 3 N–H and O–H groups in total. The van der Waals surface area contributed by atoms with Gasteiger partial charge in [0.2, 0.25) is 0 Å². The van der Waals surface area contributed by atoms with E-state index in [4.69, 9.17) is 81.6 Å². The lowest BCUT2D eigenvalue weighted by Gasteiger charge is -2.29. The van der Waals surface area contributed by atoms with Crippen molar-refractivity contribution in [3.8, 4) is 94.7 Å². The molecule has 362 valence electrons.